The molecule has 0 spiro atoms. The number of aryl methyl sites for hydroxylation is 1. The van der Waals surface area contributed by atoms with Crippen LogP contribution in [0.1, 0.15) is 46.2 Å². The summed E-state index contributed by atoms with van der Waals surface area (Å²) in [5.74, 6) is -1.11. The number of carboxylic acid groups (broad SMARTS) is 1. The first-order valence-corrected chi connectivity index (χ1v) is 8.20. The average Bonchev–Trinajstić information content (AvgIpc) is 2.94. The normalized spacial score (nSPS) is 18.5. The van der Waals surface area contributed by atoms with Crippen LogP contribution in [0.4, 0.5) is 0 Å². The largest absolute Gasteiger partial charge is 0.481 e. The lowest BCUT2D eigenvalue weighted by atomic mass is 9.69. The lowest BCUT2D eigenvalue weighted by Gasteiger charge is -2.46. The van der Waals surface area contributed by atoms with Gasteiger partial charge in [-0.2, -0.15) is 5.10 Å². The Kier molecular flexibility index (Phi) is 4.52. The lowest BCUT2D eigenvalue weighted by molar-refractivity contribution is -0.173. The van der Waals surface area contributed by atoms with E-state index in [1.165, 1.54) is 13.8 Å². The van der Waals surface area contributed by atoms with Crippen molar-refractivity contribution in [2.75, 3.05) is 13.1 Å². The van der Waals surface area contributed by atoms with Gasteiger partial charge in [-0.15, -0.1) is 0 Å². The van der Waals surface area contributed by atoms with Crippen LogP contribution in [-0.4, -0.2) is 55.5 Å². The number of carboxylic acids is 1. The van der Waals surface area contributed by atoms with Crippen LogP contribution in [0, 0.1) is 12.3 Å². The van der Waals surface area contributed by atoms with Gasteiger partial charge in [0.15, 0.2) is 0 Å². The zero-order valence-corrected chi connectivity index (χ0v) is 15.0. The number of aromatic nitrogens is 2. The van der Waals surface area contributed by atoms with Gasteiger partial charge in [-0.1, -0.05) is 0 Å². The molecule has 0 aromatic carbocycles. The van der Waals surface area contributed by atoms with Crippen LogP contribution < -0.4 is 0 Å². The fourth-order valence-corrected chi connectivity index (χ4v) is 3.12. The molecule has 2 rings (SSSR count). The van der Waals surface area contributed by atoms with E-state index < -0.39 is 22.5 Å². The van der Waals surface area contributed by atoms with Crippen molar-refractivity contribution < 1.29 is 19.8 Å². The van der Waals surface area contributed by atoms with E-state index in [1.54, 1.807) is 15.8 Å². The van der Waals surface area contributed by atoms with Crippen LogP contribution in [0.25, 0.3) is 0 Å². The third-order valence-corrected chi connectivity index (χ3v) is 5.39. The smallest absolute Gasteiger partial charge is 0.312 e. The highest BCUT2D eigenvalue weighted by Crippen LogP contribution is 2.40. The monoisotopic (exact) mass is 337 g/mol. The highest BCUT2D eigenvalue weighted by molar-refractivity contribution is 5.84. The van der Waals surface area contributed by atoms with Gasteiger partial charge in [0.1, 0.15) is 5.54 Å². The van der Waals surface area contributed by atoms with Gasteiger partial charge < -0.3 is 15.1 Å². The summed E-state index contributed by atoms with van der Waals surface area (Å²) in [5, 5.41) is 24.4. The summed E-state index contributed by atoms with van der Waals surface area (Å²) >= 11 is 0. The van der Waals surface area contributed by atoms with Gasteiger partial charge in [-0.05, 0) is 53.5 Å². The number of aliphatic hydroxyl groups is 1. The van der Waals surface area contributed by atoms with E-state index in [-0.39, 0.29) is 18.7 Å². The third kappa shape index (κ3) is 2.92. The minimum atomic E-state index is -1.32. The van der Waals surface area contributed by atoms with E-state index in [0.717, 1.165) is 5.69 Å². The second kappa shape index (κ2) is 5.88. The highest BCUT2D eigenvalue weighted by Gasteiger charge is 2.51. The van der Waals surface area contributed by atoms with Crippen LogP contribution in [0.3, 0.4) is 0 Å². The molecule has 134 valence electrons. The van der Waals surface area contributed by atoms with Gasteiger partial charge in [0.2, 0.25) is 5.91 Å². The molecule has 7 heteroatoms. The second-order valence-electron chi connectivity index (χ2n) is 7.71. The molecule has 7 nitrogen and oxygen atoms in total. The van der Waals surface area contributed by atoms with Crippen LogP contribution in [0.15, 0.2) is 12.3 Å². The second-order valence-corrected chi connectivity index (χ2v) is 7.71. The third-order valence-electron chi connectivity index (χ3n) is 5.39. The van der Waals surface area contributed by atoms with Crippen molar-refractivity contribution in [3.8, 4) is 0 Å². The summed E-state index contributed by atoms with van der Waals surface area (Å²) < 4.78 is 1.65. The quantitative estimate of drug-likeness (QED) is 0.865. The molecule has 0 radical (unpaired) electrons. The van der Waals surface area contributed by atoms with Crippen molar-refractivity contribution in [3.63, 3.8) is 0 Å². The standard InChI is InChI=1S/C17H27N3O4/c1-12-6-9-20(18-12)16(4,5)13(21)19-10-7-17(24,8-11-19)15(2,3)14(22)23/h6,9,24H,7-8,10-11H2,1-5H3,(H,22,23). The van der Waals surface area contributed by atoms with E-state index in [1.807, 2.05) is 26.8 Å². The number of carbonyl (C=O) groups excluding carboxylic acids is 1. The van der Waals surface area contributed by atoms with E-state index >= 15 is 0 Å². The van der Waals surface area contributed by atoms with Gasteiger partial charge in [-0.3, -0.25) is 14.3 Å². The molecule has 0 saturated carbocycles. The van der Waals surface area contributed by atoms with Crippen LogP contribution in [0.5, 0.6) is 0 Å². The Balaban J connectivity index is 2.12. The van der Waals surface area contributed by atoms with Crippen molar-refractivity contribution in [3.05, 3.63) is 18.0 Å². The summed E-state index contributed by atoms with van der Waals surface area (Å²) in [7, 11) is 0. The Morgan fingerprint density at radius 2 is 1.75 bits per heavy atom. The highest BCUT2D eigenvalue weighted by atomic mass is 16.4. The molecule has 1 aromatic heterocycles. The molecule has 1 aromatic rings. The van der Waals surface area contributed by atoms with Crippen LogP contribution in [0.2, 0.25) is 0 Å². The van der Waals surface area contributed by atoms with Crippen LogP contribution >= 0.6 is 0 Å². The van der Waals surface area contributed by atoms with Gasteiger partial charge in [0.25, 0.3) is 0 Å². The molecule has 0 aliphatic carbocycles. The van der Waals surface area contributed by atoms with E-state index in [2.05, 4.69) is 5.10 Å². The maximum Gasteiger partial charge on any atom is 0.312 e. The minimum absolute atomic E-state index is 0.0826. The topological polar surface area (TPSA) is 95.7 Å². The number of amides is 1. The molecular weight excluding hydrogens is 310 g/mol. The maximum atomic E-state index is 12.9. The van der Waals surface area contributed by atoms with Crippen molar-refractivity contribution in [1.82, 2.24) is 14.7 Å². The molecule has 0 unspecified atom stereocenters. The van der Waals surface area contributed by atoms with Crippen molar-refractivity contribution >= 4 is 11.9 Å². The van der Waals surface area contributed by atoms with Crippen molar-refractivity contribution in [2.24, 2.45) is 5.41 Å². The van der Waals surface area contributed by atoms with Gasteiger partial charge in [0.05, 0.1) is 16.7 Å². The number of piperidine rings is 1. The predicted octanol–water partition coefficient (Wildman–Crippen LogP) is 1.39. The molecule has 1 aliphatic heterocycles. The molecular formula is C17H27N3O4. The summed E-state index contributed by atoms with van der Waals surface area (Å²) in [6, 6.07) is 1.85. The van der Waals surface area contributed by atoms with E-state index in [0.29, 0.717) is 13.1 Å². The van der Waals surface area contributed by atoms with E-state index in [4.69, 9.17) is 0 Å². The molecule has 24 heavy (non-hydrogen) atoms. The Morgan fingerprint density at radius 3 is 2.17 bits per heavy atom. The molecule has 0 atom stereocenters. The van der Waals surface area contributed by atoms with Gasteiger partial charge >= 0.3 is 5.97 Å². The fourth-order valence-electron chi connectivity index (χ4n) is 3.12. The average molecular weight is 337 g/mol. The Bertz CT molecular complexity index is 640. The van der Waals surface area contributed by atoms with Crippen molar-refractivity contribution in [1.29, 1.82) is 0 Å². The Labute approximate surface area is 142 Å². The van der Waals surface area contributed by atoms with Gasteiger partial charge in [0, 0.05) is 19.3 Å². The first kappa shape index (κ1) is 18.4. The maximum absolute atomic E-state index is 12.9. The first-order chi connectivity index (χ1) is 10.9. The summed E-state index contributed by atoms with van der Waals surface area (Å²) in [6.45, 7) is 9.21. The summed E-state index contributed by atoms with van der Waals surface area (Å²) in [4.78, 5) is 26.0. The fraction of sp³-hybridized carbons (Fsp3) is 0.706. The minimum Gasteiger partial charge on any atom is -0.481 e. The number of aliphatic carboxylic acids is 1. The molecule has 1 saturated heterocycles. The SMILES string of the molecule is Cc1ccn(C(C)(C)C(=O)N2CCC(O)(C(C)(C)C(=O)O)CC2)n1. The number of rotatable bonds is 4. The molecule has 1 aliphatic rings. The van der Waals surface area contributed by atoms with Gasteiger partial charge in [-0.25, -0.2) is 0 Å². The summed E-state index contributed by atoms with van der Waals surface area (Å²) in [5.41, 5.74) is -2.56. The molecule has 1 amide bonds. The summed E-state index contributed by atoms with van der Waals surface area (Å²) in [6.07, 6.45) is 2.26. The molecule has 1 fully saturated rings. The number of carbonyl (C=O) groups is 2. The Hall–Kier alpha value is -1.89. The first-order valence-electron chi connectivity index (χ1n) is 8.20. The molecule has 0 bridgehead atoms. The number of likely N-dealkylation sites (tertiary alicyclic amines) is 1. The molecule has 2 N–H and O–H groups in total. The zero-order chi connectivity index (χ0) is 18.3. The molecule has 2 heterocycles. The predicted molar refractivity (Wildman–Crippen MR) is 88.5 cm³/mol. The van der Waals surface area contributed by atoms with Crippen molar-refractivity contribution in [2.45, 2.75) is 58.6 Å². The van der Waals surface area contributed by atoms with Crippen LogP contribution in [-0.2, 0) is 15.1 Å². The lowest BCUT2D eigenvalue weighted by Crippen LogP contribution is -2.58. The zero-order valence-electron chi connectivity index (χ0n) is 15.0. The number of nitrogens with zero attached hydrogens (tertiary/aromatic N) is 3. The number of hydrogen-bond acceptors (Lipinski definition) is 4. The van der Waals surface area contributed by atoms with E-state index in [9.17, 15) is 19.8 Å². The number of hydrogen-bond donors (Lipinski definition) is 2. The Morgan fingerprint density at radius 1 is 1.21 bits per heavy atom.